The molecule has 1 aromatic carbocycles. The van der Waals surface area contributed by atoms with E-state index in [-0.39, 0.29) is 25.6 Å². The normalized spacial score (nSPS) is 19.2. The molecule has 0 spiro atoms. The molecule has 1 saturated heterocycles. The number of carbonyl (C=O) groups excluding carboxylic acids is 2. The fourth-order valence-electron chi connectivity index (χ4n) is 3.20. The Morgan fingerprint density at radius 1 is 1.33 bits per heavy atom. The molecule has 3 heterocycles. The summed E-state index contributed by atoms with van der Waals surface area (Å²) in [5.41, 5.74) is 6.15. The SMILES string of the molecule is C[C@H](N)C(=O)OC[C@H]1CN(c2ccc(-c3ccc(C4(C)N=NN=N4)nc3)c(F)c2)C(=O)O1.Cl. The zero-order valence-electron chi connectivity index (χ0n) is 17.7. The average Bonchev–Trinajstić information content (AvgIpc) is 3.38. The topological polar surface area (TPSA) is 144 Å². The number of hydrogen-bond donors (Lipinski definition) is 1. The minimum Gasteiger partial charge on any atom is -0.461 e. The fraction of sp³-hybridized carbons (Fsp3) is 0.350. The van der Waals surface area contributed by atoms with Gasteiger partial charge in [-0.2, -0.15) is 0 Å². The fourth-order valence-corrected chi connectivity index (χ4v) is 3.20. The van der Waals surface area contributed by atoms with Gasteiger partial charge in [-0.05, 0) is 48.6 Å². The molecule has 0 aliphatic carbocycles. The summed E-state index contributed by atoms with van der Waals surface area (Å²) in [6, 6.07) is 6.99. The third kappa shape index (κ3) is 4.96. The number of nitrogens with two attached hydrogens (primary N) is 1. The van der Waals surface area contributed by atoms with Gasteiger partial charge in [0.15, 0.2) is 6.10 Å². The second-order valence-electron chi connectivity index (χ2n) is 7.53. The van der Waals surface area contributed by atoms with Crippen LogP contribution in [0, 0.1) is 5.82 Å². The molecule has 2 N–H and O–H groups in total. The highest BCUT2D eigenvalue weighted by Crippen LogP contribution is 2.33. The molecule has 2 aromatic rings. The molecule has 11 nitrogen and oxygen atoms in total. The number of ether oxygens (including phenoxy) is 2. The molecule has 1 aromatic heterocycles. The molecule has 13 heteroatoms. The zero-order chi connectivity index (χ0) is 22.9. The van der Waals surface area contributed by atoms with E-state index in [4.69, 9.17) is 15.2 Å². The van der Waals surface area contributed by atoms with Gasteiger partial charge in [0.05, 0.1) is 17.9 Å². The highest BCUT2D eigenvalue weighted by Gasteiger charge is 2.34. The van der Waals surface area contributed by atoms with Crippen LogP contribution in [0.15, 0.2) is 57.2 Å². The van der Waals surface area contributed by atoms with Crippen LogP contribution in [-0.2, 0) is 19.9 Å². The van der Waals surface area contributed by atoms with E-state index in [1.807, 2.05) is 0 Å². The Hall–Kier alpha value is -3.51. The lowest BCUT2D eigenvalue weighted by Gasteiger charge is -2.15. The van der Waals surface area contributed by atoms with E-state index < -0.39 is 35.7 Å². The predicted octanol–water partition coefficient (Wildman–Crippen LogP) is 3.53. The number of benzene rings is 1. The van der Waals surface area contributed by atoms with E-state index in [0.717, 1.165) is 0 Å². The summed E-state index contributed by atoms with van der Waals surface area (Å²) < 4.78 is 25.1. The molecule has 2 aliphatic heterocycles. The number of anilines is 1. The first-order chi connectivity index (χ1) is 15.3. The lowest BCUT2D eigenvalue weighted by atomic mass is 10.0. The lowest BCUT2D eigenvalue weighted by Crippen LogP contribution is -2.32. The van der Waals surface area contributed by atoms with Crippen LogP contribution in [0.25, 0.3) is 11.1 Å². The third-order valence-electron chi connectivity index (χ3n) is 5.00. The second-order valence-corrected chi connectivity index (χ2v) is 7.53. The van der Waals surface area contributed by atoms with Crippen LogP contribution in [0.3, 0.4) is 0 Å². The van der Waals surface area contributed by atoms with Gasteiger partial charge < -0.3 is 15.2 Å². The van der Waals surface area contributed by atoms with E-state index in [1.165, 1.54) is 24.1 Å². The molecule has 0 unspecified atom stereocenters. The maximum atomic E-state index is 14.9. The van der Waals surface area contributed by atoms with Crippen molar-refractivity contribution in [3.63, 3.8) is 0 Å². The minimum atomic E-state index is -0.982. The van der Waals surface area contributed by atoms with Crippen molar-refractivity contribution in [3.8, 4) is 11.1 Å². The summed E-state index contributed by atoms with van der Waals surface area (Å²) in [6.45, 7) is 3.19. The Balaban J connectivity index is 0.00000306. The van der Waals surface area contributed by atoms with Gasteiger partial charge in [-0.1, -0.05) is 6.07 Å². The van der Waals surface area contributed by atoms with Crippen LogP contribution in [0.1, 0.15) is 19.5 Å². The van der Waals surface area contributed by atoms with Crippen LogP contribution < -0.4 is 10.6 Å². The summed E-state index contributed by atoms with van der Waals surface area (Å²) in [5.74, 6) is -1.13. The third-order valence-corrected chi connectivity index (χ3v) is 5.00. The van der Waals surface area contributed by atoms with Crippen molar-refractivity contribution in [3.05, 3.63) is 48.0 Å². The van der Waals surface area contributed by atoms with Crippen molar-refractivity contribution in [1.82, 2.24) is 4.98 Å². The largest absolute Gasteiger partial charge is 0.461 e. The quantitative estimate of drug-likeness (QED) is 0.630. The molecule has 0 saturated carbocycles. The molecule has 0 radical (unpaired) electrons. The van der Waals surface area contributed by atoms with Crippen molar-refractivity contribution in [2.45, 2.75) is 31.7 Å². The second kappa shape index (κ2) is 9.55. The first-order valence-electron chi connectivity index (χ1n) is 9.78. The van der Waals surface area contributed by atoms with E-state index in [2.05, 4.69) is 25.7 Å². The van der Waals surface area contributed by atoms with Gasteiger partial charge in [0.1, 0.15) is 18.5 Å². The van der Waals surface area contributed by atoms with Crippen molar-refractivity contribution in [2.24, 2.45) is 26.4 Å². The molecule has 0 bridgehead atoms. The van der Waals surface area contributed by atoms with E-state index >= 15 is 0 Å². The maximum absolute atomic E-state index is 14.9. The molecular weight excluding hydrogens is 457 g/mol. The van der Waals surface area contributed by atoms with Crippen molar-refractivity contribution < 1.29 is 23.5 Å². The zero-order valence-corrected chi connectivity index (χ0v) is 18.5. The van der Waals surface area contributed by atoms with Gasteiger partial charge in [-0.3, -0.25) is 14.7 Å². The number of aromatic nitrogens is 1. The number of hydrogen-bond acceptors (Lipinski definition) is 10. The average molecular weight is 478 g/mol. The molecule has 4 rings (SSSR count). The molecule has 1 fully saturated rings. The highest BCUT2D eigenvalue weighted by atomic mass is 35.5. The number of pyridine rings is 1. The van der Waals surface area contributed by atoms with Gasteiger partial charge in [-0.25, -0.2) is 9.18 Å². The monoisotopic (exact) mass is 477 g/mol. The molecule has 2 aliphatic rings. The Labute approximate surface area is 194 Å². The Morgan fingerprint density at radius 3 is 2.67 bits per heavy atom. The van der Waals surface area contributed by atoms with Gasteiger partial charge in [0, 0.05) is 17.3 Å². The number of esters is 1. The van der Waals surface area contributed by atoms with E-state index in [0.29, 0.717) is 22.5 Å². The standard InChI is InChI=1S/C20H20FN7O4.ClH/c1-11(22)18(29)31-10-14-9-28(19(30)32-14)13-4-5-15(16(21)7-13)12-3-6-17(23-8-12)20(2)24-26-27-25-20;/h3-8,11,14H,9-10,22H2,1-2H3;1H/t11-,14+;/m0./s1. The molecule has 2 atom stereocenters. The Bertz CT molecular complexity index is 1100. The number of carbonyl (C=O) groups is 2. The molecule has 174 valence electrons. The van der Waals surface area contributed by atoms with Gasteiger partial charge in [0.25, 0.3) is 0 Å². The van der Waals surface area contributed by atoms with Crippen LogP contribution in [0.2, 0.25) is 0 Å². The van der Waals surface area contributed by atoms with Crippen molar-refractivity contribution >= 4 is 30.2 Å². The first-order valence-corrected chi connectivity index (χ1v) is 9.78. The van der Waals surface area contributed by atoms with E-state index in [1.54, 1.807) is 31.2 Å². The van der Waals surface area contributed by atoms with Gasteiger partial charge in [0.2, 0.25) is 5.66 Å². The number of halogens is 2. The van der Waals surface area contributed by atoms with Crippen molar-refractivity contribution in [1.29, 1.82) is 0 Å². The first kappa shape index (κ1) is 24.1. The lowest BCUT2D eigenvalue weighted by molar-refractivity contribution is -0.147. The van der Waals surface area contributed by atoms with Gasteiger partial charge >= 0.3 is 12.1 Å². The number of rotatable bonds is 6. The van der Waals surface area contributed by atoms with Gasteiger partial charge in [-0.15, -0.1) is 22.6 Å². The predicted molar refractivity (Wildman–Crippen MR) is 116 cm³/mol. The number of amides is 1. The summed E-state index contributed by atoms with van der Waals surface area (Å²) in [6.07, 6.45) is 0.184. The minimum absolute atomic E-state index is 0. The summed E-state index contributed by atoms with van der Waals surface area (Å²) >= 11 is 0. The van der Waals surface area contributed by atoms with Crippen molar-refractivity contribution in [2.75, 3.05) is 18.1 Å². The van der Waals surface area contributed by atoms with Crippen LogP contribution in [0.4, 0.5) is 14.9 Å². The smallest absolute Gasteiger partial charge is 0.414 e. The molecule has 1 amide bonds. The highest BCUT2D eigenvalue weighted by molar-refractivity contribution is 5.90. The Morgan fingerprint density at radius 2 is 2.06 bits per heavy atom. The van der Waals surface area contributed by atoms with E-state index in [9.17, 15) is 14.0 Å². The van der Waals surface area contributed by atoms with Crippen LogP contribution in [-0.4, -0.2) is 42.3 Å². The van der Waals surface area contributed by atoms with Crippen LogP contribution in [0.5, 0.6) is 0 Å². The number of cyclic esters (lactones) is 1. The summed E-state index contributed by atoms with van der Waals surface area (Å²) in [7, 11) is 0. The molecule has 33 heavy (non-hydrogen) atoms. The van der Waals surface area contributed by atoms with Crippen LogP contribution >= 0.6 is 12.4 Å². The summed E-state index contributed by atoms with van der Waals surface area (Å²) in [5, 5.41) is 14.9. The molecular formula is C20H21ClFN7O4. The Kier molecular flexibility index (Phi) is 6.98. The number of nitrogens with zero attached hydrogens (tertiary/aromatic N) is 6. The maximum Gasteiger partial charge on any atom is 0.414 e. The summed E-state index contributed by atoms with van der Waals surface area (Å²) in [4.78, 5) is 29.3.